The Morgan fingerprint density at radius 1 is 0.688 bits per heavy atom. The average Bonchev–Trinajstić information content (AvgIpc) is 2.28. The van der Waals surface area contributed by atoms with Gasteiger partial charge in [-0.05, 0) is 24.3 Å². The van der Waals surface area contributed by atoms with Gasteiger partial charge in [0, 0.05) is 19.6 Å². The Morgan fingerprint density at radius 2 is 1.12 bits per heavy atom. The number of rotatable bonds is 0. The van der Waals surface area contributed by atoms with Gasteiger partial charge in [0.05, 0.1) is 11.4 Å². The van der Waals surface area contributed by atoms with Gasteiger partial charge in [0.2, 0.25) is 0 Å². The van der Waals surface area contributed by atoms with E-state index >= 15 is 0 Å². The zero-order chi connectivity index (χ0) is 11.1. The molecule has 80 valence electrons. The van der Waals surface area contributed by atoms with E-state index < -0.39 is 0 Å². The van der Waals surface area contributed by atoms with E-state index in [1.165, 1.54) is 19.6 Å². The van der Waals surface area contributed by atoms with Crippen molar-refractivity contribution in [3.63, 3.8) is 0 Å². The van der Waals surface area contributed by atoms with Crippen LogP contribution in [0, 0.1) is 0 Å². The maximum atomic E-state index is 5.82. The molecule has 2 nitrogen and oxygen atoms in total. The lowest BCUT2D eigenvalue weighted by molar-refractivity contribution is 1.16. The first-order valence-electron chi connectivity index (χ1n) is 4.88. The highest BCUT2D eigenvalue weighted by molar-refractivity contribution is 8.05. The summed E-state index contributed by atoms with van der Waals surface area (Å²) in [4.78, 5) is 4.94. The second-order valence-electron chi connectivity index (χ2n) is 3.58. The van der Waals surface area contributed by atoms with Gasteiger partial charge in [-0.3, -0.25) is 0 Å². The largest absolute Gasteiger partial charge is 0.397 e. The lowest BCUT2D eigenvalue weighted by Crippen LogP contribution is -1.97. The first-order chi connectivity index (χ1) is 7.74. The molecule has 0 saturated carbocycles. The van der Waals surface area contributed by atoms with Gasteiger partial charge in [-0.25, -0.2) is 0 Å². The summed E-state index contributed by atoms with van der Waals surface area (Å²) in [6.45, 7) is 0. The Labute approximate surface area is 102 Å². The predicted molar refractivity (Wildman–Crippen MR) is 70.0 cm³/mol. The van der Waals surface area contributed by atoms with Gasteiger partial charge in [-0.2, -0.15) is 0 Å². The van der Waals surface area contributed by atoms with Gasteiger partial charge >= 0.3 is 0 Å². The molecular formula is C12H10N2S2. The van der Waals surface area contributed by atoms with E-state index in [0.29, 0.717) is 11.4 Å². The molecule has 0 amide bonds. The maximum Gasteiger partial charge on any atom is 0.0559 e. The summed E-state index contributed by atoms with van der Waals surface area (Å²) in [6.07, 6.45) is 0. The van der Waals surface area contributed by atoms with Crippen LogP contribution >= 0.6 is 23.5 Å². The molecule has 0 fully saturated rings. The number of hydrogen-bond acceptors (Lipinski definition) is 4. The fourth-order valence-electron chi connectivity index (χ4n) is 1.61. The monoisotopic (exact) mass is 246 g/mol. The van der Waals surface area contributed by atoms with E-state index in [1.807, 2.05) is 12.1 Å². The standard InChI is InChI=1S/C12H10N2S2/c13-7-5-11-12(6-8(7)14)16-10-4-2-1-3-9(10)15-11/h1-6H,13-14H2. The van der Waals surface area contributed by atoms with E-state index in [9.17, 15) is 0 Å². The Morgan fingerprint density at radius 3 is 1.56 bits per heavy atom. The van der Waals surface area contributed by atoms with Crippen molar-refractivity contribution in [1.82, 2.24) is 0 Å². The Kier molecular flexibility index (Phi) is 2.26. The normalized spacial score (nSPS) is 13.0. The van der Waals surface area contributed by atoms with Crippen LogP contribution in [0.5, 0.6) is 0 Å². The van der Waals surface area contributed by atoms with E-state index in [-0.39, 0.29) is 0 Å². The molecule has 0 saturated heterocycles. The van der Waals surface area contributed by atoms with Gasteiger partial charge < -0.3 is 11.5 Å². The molecule has 1 aliphatic rings. The van der Waals surface area contributed by atoms with Crippen molar-refractivity contribution in [2.75, 3.05) is 11.5 Å². The van der Waals surface area contributed by atoms with Crippen LogP contribution in [0.15, 0.2) is 56.0 Å². The highest BCUT2D eigenvalue weighted by Crippen LogP contribution is 2.49. The minimum absolute atomic E-state index is 0.659. The highest BCUT2D eigenvalue weighted by Gasteiger charge is 2.17. The topological polar surface area (TPSA) is 52.0 Å². The van der Waals surface area contributed by atoms with E-state index in [0.717, 1.165) is 0 Å². The van der Waals surface area contributed by atoms with Crippen LogP contribution in [0.4, 0.5) is 11.4 Å². The number of nitrogens with two attached hydrogens (primary N) is 2. The van der Waals surface area contributed by atoms with Gasteiger partial charge in [-0.15, -0.1) is 0 Å². The van der Waals surface area contributed by atoms with E-state index in [4.69, 9.17) is 11.5 Å². The van der Waals surface area contributed by atoms with Crippen LogP contribution in [0.25, 0.3) is 0 Å². The Balaban J connectivity index is 2.12. The molecule has 0 bridgehead atoms. The molecule has 0 unspecified atom stereocenters. The zero-order valence-corrected chi connectivity index (χ0v) is 10.1. The molecule has 3 rings (SSSR count). The summed E-state index contributed by atoms with van der Waals surface area (Å²) in [6, 6.07) is 12.3. The molecule has 2 aromatic rings. The van der Waals surface area contributed by atoms with Gasteiger partial charge in [0.25, 0.3) is 0 Å². The van der Waals surface area contributed by atoms with Crippen molar-refractivity contribution in [1.29, 1.82) is 0 Å². The molecule has 4 N–H and O–H groups in total. The molecule has 0 aromatic heterocycles. The van der Waals surface area contributed by atoms with Crippen molar-refractivity contribution < 1.29 is 0 Å². The second kappa shape index (κ2) is 3.64. The molecule has 0 spiro atoms. The number of fused-ring (bicyclic) bond motifs is 2. The summed E-state index contributed by atoms with van der Waals surface area (Å²) >= 11 is 3.50. The Bertz CT molecular complexity index is 517. The van der Waals surface area contributed by atoms with Crippen LogP contribution in [-0.2, 0) is 0 Å². The molecule has 0 aliphatic carbocycles. The summed E-state index contributed by atoms with van der Waals surface area (Å²) in [7, 11) is 0. The molecule has 2 aromatic carbocycles. The van der Waals surface area contributed by atoms with Crippen molar-refractivity contribution in [2.24, 2.45) is 0 Å². The van der Waals surface area contributed by atoms with E-state index in [1.54, 1.807) is 23.5 Å². The third-order valence-electron chi connectivity index (χ3n) is 2.44. The van der Waals surface area contributed by atoms with Gasteiger partial charge in [0.15, 0.2) is 0 Å². The fourth-order valence-corrected chi connectivity index (χ4v) is 3.90. The minimum atomic E-state index is 0.659. The molecule has 16 heavy (non-hydrogen) atoms. The van der Waals surface area contributed by atoms with Crippen molar-refractivity contribution in [3.05, 3.63) is 36.4 Å². The SMILES string of the molecule is Nc1cc2c(cc1N)Sc1ccccc1S2. The molecule has 0 radical (unpaired) electrons. The van der Waals surface area contributed by atoms with Crippen LogP contribution in [-0.4, -0.2) is 0 Å². The first-order valence-corrected chi connectivity index (χ1v) is 6.51. The number of hydrogen-bond donors (Lipinski definition) is 2. The molecular weight excluding hydrogens is 236 g/mol. The summed E-state index contributed by atoms with van der Waals surface area (Å²) in [5.41, 5.74) is 12.9. The Hall–Kier alpha value is -1.26. The summed E-state index contributed by atoms with van der Waals surface area (Å²) in [5.74, 6) is 0. The van der Waals surface area contributed by atoms with Gasteiger partial charge in [0.1, 0.15) is 0 Å². The van der Waals surface area contributed by atoms with E-state index in [2.05, 4.69) is 24.3 Å². The third kappa shape index (κ3) is 1.54. The molecule has 1 aliphatic heterocycles. The van der Waals surface area contributed by atoms with Gasteiger partial charge in [-0.1, -0.05) is 35.7 Å². The fraction of sp³-hybridized carbons (Fsp3) is 0. The average molecular weight is 246 g/mol. The quantitative estimate of drug-likeness (QED) is 0.596. The second-order valence-corrected chi connectivity index (χ2v) is 5.75. The maximum absolute atomic E-state index is 5.82. The van der Waals surface area contributed by atoms with Crippen molar-refractivity contribution in [2.45, 2.75) is 19.6 Å². The van der Waals surface area contributed by atoms with Crippen LogP contribution in [0.1, 0.15) is 0 Å². The van der Waals surface area contributed by atoms with Crippen LogP contribution in [0.3, 0.4) is 0 Å². The highest BCUT2D eigenvalue weighted by atomic mass is 32.2. The summed E-state index contributed by atoms with van der Waals surface area (Å²) in [5, 5.41) is 0. The molecule has 1 heterocycles. The molecule has 0 atom stereocenters. The third-order valence-corrected chi connectivity index (χ3v) is 4.96. The minimum Gasteiger partial charge on any atom is -0.397 e. The lowest BCUT2D eigenvalue weighted by atomic mass is 10.3. The number of anilines is 2. The number of nitrogen functional groups attached to an aromatic ring is 2. The smallest absolute Gasteiger partial charge is 0.0559 e. The molecule has 4 heteroatoms. The zero-order valence-electron chi connectivity index (χ0n) is 8.44. The van der Waals surface area contributed by atoms with Crippen molar-refractivity contribution >= 4 is 34.9 Å². The first kappa shape index (κ1) is 9.93. The van der Waals surface area contributed by atoms with Crippen LogP contribution < -0.4 is 11.5 Å². The number of benzene rings is 2. The lowest BCUT2D eigenvalue weighted by Gasteiger charge is -2.19. The van der Waals surface area contributed by atoms with Crippen LogP contribution in [0.2, 0.25) is 0 Å². The summed E-state index contributed by atoms with van der Waals surface area (Å²) < 4.78 is 0. The van der Waals surface area contributed by atoms with Crippen molar-refractivity contribution in [3.8, 4) is 0 Å². The predicted octanol–water partition coefficient (Wildman–Crippen LogP) is 3.47.